The normalized spacial score (nSPS) is 18.2. The van der Waals surface area contributed by atoms with Gasteiger partial charge in [-0.3, -0.25) is 4.79 Å². The van der Waals surface area contributed by atoms with E-state index in [9.17, 15) is 4.79 Å². The second kappa shape index (κ2) is 7.36. The third-order valence-corrected chi connectivity index (χ3v) is 4.83. The van der Waals surface area contributed by atoms with Crippen molar-refractivity contribution in [2.75, 3.05) is 0 Å². The van der Waals surface area contributed by atoms with Crippen molar-refractivity contribution in [3.8, 4) is 5.75 Å². The first-order valence-electron chi connectivity index (χ1n) is 9.18. The summed E-state index contributed by atoms with van der Waals surface area (Å²) in [7, 11) is 0. The molecule has 0 fully saturated rings. The fraction of sp³-hybridized carbons (Fsp3) is 0.348. The first-order chi connectivity index (χ1) is 12.4. The lowest BCUT2D eigenvalue weighted by Crippen LogP contribution is -2.35. The number of aromatic nitrogens is 1. The standard InChI is InChI=1S/C23H27NO2/c1-17(2)9-8-13-23(4)14-12-20-21(26-23)15-18(3)24(22(20)25)16-19-10-6-5-7-11-19/h5-7,9-12,14-15H,8,13,16H2,1-4H3/t23-/m0/s1. The van der Waals surface area contributed by atoms with Crippen molar-refractivity contribution < 1.29 is 4.74 Å². The third-order valence-electron chi connectivity index (χ3n) is 4.83. The van der Waals surface area contributed by atoms with E-state index in [0.717, 1.165) is 24.1 Å². The Morgan fingerprint density at radius 3 is 2.65 bits per heavy atom. The van der Waals surface area contributed by atoms with Crippen LogP contribution in [-0.2, 0) is 6.54 Å². The molecule has 1 atom stereocenters. The number of rotatable bonds is 5. The van der Waals surface area contributed by atoms with Gasteiger partial charge in [-0.25, -0.2) is 0 Å². The van der Waals surface area contributed by atoms with Crippen LogP contribution < -0.4 is 10.3 Å². The van der Waals surface area contributed by atoms with E-state index < -0.39 is 0 Å². The van der Waals surface area contributed by atoms with Gasteiger partial charge in [0.1, 0.15) is 11.4 Å². The second-order valence-electron chi connectivity index (χ2n) is 7.51. The van der Waals surface area contributed by atoms with E-state index in [2.05, 4.69) is 26.8 Å². The van der Waals surface area contributed by atoms with Crippen molar-refractivity contribution in [2.45, 2.75) is 52.7 Å². The largest absolute Gasteiger partial charge is 0.483 e. The van der Waals surface area contributed by atoms with Crippen LogP contribution in [0.5, 0.6) is 5.75 Å². The van der Waals surface area contributed by atoms with Gasteiger partial charge in [0.05, 0.1) is 12.1 Å². The monoisotopic (exact) mass is 349 g/mol. The Bertz CT molecular complexity index is 902. The van der Waals surface area contributed by atoms with Gasteiger partial charge in [0.25, 0.3) is 5.56 Å². The fourth-order valence-electron chi connectivity index (χ4n) is 3.28. The third kappa shape index (κ3) is 3.98. The van der Waals surface area contributed by atoms with Gasteiger partial charge in [-0.2, -0.15) is 0 Å². The first kappa shape index (κ1) is 18.2. The van der Waals surface area contributed by atoms with Crippen LogP contribution in [0.15, 0.2) is 58.9 Å². The summed E-state index contributed by atoms with van der Waals surface area (Å²) < 4.78 is 8.05. The van der Waals surface area contributed by atoms with Gasteiger partial charge in [-0.05, 0) is 58.3 Å². The number of fused-ring (bicyclic) bond motifs is 1. The highest BCUT2D eigenvalue weighted by Crippen LogP contribution is 2.32. The predicted molar refractivity (Wildman–Crippen MR) is 108 cm³/mol. The summed E-state index contributed by atoms with van der Waals surface area (Å²) in [5, 5.41) is 0. The molecule has 2 aromatic rings. The number of benzene rings is 1. The van der Waals surface area contributed by atoms with Crippen LogP contribution in [-0.4, -0.2) is 10.2 Å². The zero-order valence-electron chi connectivity index (χ0n) is 16.1. The van der Waals surface area contributed by atoms with Gasteiger partial charge in [-0.1, -0.05) is 42.0 Å². The average molecular weight is 349 g/mol. The smallest absolute Gasteiger partial charge is 0.262 e. The Balaban J connectivity index is 1.88. The molecule has 0 bridgehead atoms. The van der Waals surface area contributed by atoms with Crippen LogP contribution in [0.25, 0.3) is 6.08 Å². The highest BCUT2D eigenvalue weighted by molar-refractivity contribution is 5.60. The van der Waals surface area contributed by atoms with E-state index in [-0.39, 0.29) is 11.2 Å². The van der Waals surface area contributed by atoms with Gasteiger partial charge in [0.15, 0.2) is 0 Å². The molecule has 1 aromatic carbocycles. The molecule has 26 heavy (non-hydrogen) atoms. The molecule has 0 unspecified atom stereocenters. The number of ether oxygens (including phenoxy) is 1. The molecule has 3 heteroatoms. The molecule has 0 spiro atoms. The predicted octanol–water partition coefficient (Wildman–Crippen LogP) is 5.12. The van der Waals surface area contributed by atoms with Crippen LogP contribution in [0, 0.1) is 6.92 Å². The molecule has 0 N–H and O–H groups in total. The highest BCUT2D eigenvalue weighted by Gasteiger charge is 2.28. The Labute approximate surface area is 155 Å². The molecule has 0 radical (unpaired) electrons. The molecule has 1 aliphatic heterocycles. The molecular weight excluding hydrogens is 322 g/mol. The summed E-state index contributed by atoms with van der Waals surface area (Å²) in [5.41, 5.74) is 3.62. The maximum absolute atomic E-state index is 13.0. The van der Waals surface area contributed by atoms with Gasteiger partial charge in [0.2, 0.25) is 0 Å². The first-order valence-corrected chi connectivity index (χ1v) is 9.18. The van der Waals surface area contributed by atoms with Crippen molar-refractivity contribution in [1.29, 1.82) is 0 Å². The lowest BCUT2D eigenvalue weighted by molar-refractivity contribution is 0.128. The maximum Gasteiger partial charge on any atom is 0.262 e. The van der Waals surface area contributed by atoms with Crippen LogP contribution in [0.4, 0.5) is 0 Å². The van der Waals surface area contributed by atoms with Crippen molar-refractivity contribution >= 4 is 6.08 Å². The minimum atomic E-state index is -0.372. The molecule has 3 rings (SSSR count). The molecule has 136 valence electrons. The summed E-state index contributed by atoms with van der Waals surface area (Å²) in [5.74, 6) is 0.694. The molecule has 1 aliphatic rings. The molecule has 1 aromatic heterocycles. The fourth-order valence-corrected chi connectivity index (χ4v) is 3.28. The zero-order valence-corrected chi connectivity index (χ0v) is 16.1. The number of aryl methyl sites for hydroxylation is 1. The van der Waals surface area contributed by atoms with E-state index >= 15 is 0 Å². The molecular formula is C23H27NO2. The van der Waals surface area contributed by atoms with E-state index in [1.54, 1.807) is 0 Å². The van der Waals surface area contributed by atoms with E-state index in [4.69, 9.17) is 4.74 Å². The lowest BCUT2D eigenvalue weighted by Gasteiger charge is -2.32. The number of nitrogens with zero attached hydrogens (tertiary/aromatic N) is 1. The lowest BCUT2D eigenvalue weighted by atomic mass is 9.95. The van der Waals surface area contributed by atoms with Gasteiger partial charge < -0.3 is 9.30 Å². The van der Waals surface area contributed by atoms with Gasteiger partial charge in [0, 0.05) is 11.8 Å². The van der Waals surface area contributed by atoms with E-state index in [1.807, 2.05) is 60.0 Å². The Hall–Kier alpha value is -2.55. The van der Waals surface area contributed by atoms with Crippen LogP contribution in [0.1, 0.15) is 50.4 Å². The minimum Gasteiger partial charge on any atom is -0.483 e. The molecule has 0 saturated carbocycles. The molecule has 2 heterocycles. The Kier molecular flexibility index (Phi) is 5.17. The zero-order chi connectivity index (χ0) is 18.7. The van der Waals surface area contributed by atoms with Gasteiger partial charge in [-0.15, -0.1) is 0 Å². The summed E-state index contributed by atoms with van der Waals surface area (Å²) >= 11 is 0. The number of allylic oxidation sites excluding steroid dienone is 2. The summed E-state index contributed by atoms with van der Waals surface area (Å²) in [6.07, 6.45) is 8.03. The van der Waals surface area contributed by atoms with Gasteiger partial charge >= 0.3 is 0 Å². The molecule has 0 aliphatic carbocycles. The van der Waals surface area contributed by atoms with Crippen LogP contribution >= 0.6 is 0 Å². The maximum atomic E-state index is 13.0. The Morgan fingerprint density at radius 2 is 1.96 bits per heavy atom. The average Bonchev–Trinajstić information content (AvgIpc) is 2.59. The van der Waals surface area contributed by atoms with Crippen LogP contribution in [0.3, 0.4) is 0 Å². The van der Waals surface area contributed by atoms with Crippen LogP contribution in [0.2, 0.25) is 0 Å². The van der Waals surface area contributed by atoms with Crippen molar-refractivity contribution in [1.82, 2.24) is 4.57 Å². The molecule has 0 amide bonds. The quantitative estimate of drug-likeness (QED) is 0.702. The molecule has 0 saturated heterocycles. The van der Waals surface area contributed by atoms with E-state index in [1.165, 1.54) is 5.57 Å². The summed E-state index contributed by atoms with van der Waals surface area (Å²) in [6, 6.07) is 12.0. The summed E-state index contributed by atoms with van der Waals surface area (Å²) in [4.78, 5) is 13.0. The topological polar surface area (TPSA) is 31.2 Å². The minimum absolute atomic E-state index is 0.00597. The second-order valence-corrected chi connectivity index (χ2v) is 7.51. The van der Waals surface area contributed by atoms with Crippen molar-refractivity contribution in [3.05, 3.63) is 81.3 Å². The number of hydrogen-bond acceptors (Lipinski definition) is 2. The summed E-state index contributed by atoms with van der Waals surface area (Å²) in [6.45, 7) is 8.83. The number of pyridine rings is 1. The highest BCUT2D eigenvalue weighted by atomic mass is 16.5. The Morgan fingerprint density at radius 1 is 1.23 bits per heavy atom. The number of hydrogen-bond donors (Lipinski definition) is 0. The van der Waals surface area contributed by atoms with Crippen molar-refractivity contribution in [2.24, 2.45) is 0 Å². The SMILES string of the molecule is CC(C)=CCC[C@@]1(C)C=Cc2c(cc(C)n(Cc3ccccc3)c2=O)O1. The van der Waals surface area contributed by atoms with Crippen molar-refractivity contribution in [3.63, 3.8) is 0 Å². The van der Waals surface area contributed by atoms with E-state index in [0.29, 0.717) is 17.9 Å². The molecule has 3 nitrogen and oxygen atoms in total.